The molecule has 30 heavy (non-hydrogen) atoms. The topological polar surface area (TPSA) is 91.8 Å². The average molecular weight is 409 g/mol. The molecule has 8 nitrogen and oxygen atoms in total. The highest BCUT2D eigenvalue weighted by Gasteiger charge is 2.23. The quantitative estimate of drug-likeness (QED) is 0.590. The summed E-state index contributed by atoms with van der Waals surface area (Å²) in [6, 6.07) is 12.7. The number of carbonyl (C=O) groups is 1. The molecule has 0 spiro atoms. The van der Waals surface area contributed by atoms with Gasteiger partial charge in [-0.1, -0.05) is 12.1 Å². The first-order valence-electron chi connectivity index (χ1n) is 9.72. The SMILES string of the molecule is COc1ccc(Nc2nc3ccccc3nc2C(=O)OC[C@H]2CCCO2)c(OC)c1. The van der Waals surface area contributed by atoms with E-state index in [1.54, 1.807) is 38.5 Å². The first kappa shape index (κ1) is 19.9. The summed E-state index contributed by atoms with van der Waals surface area (Å²) in [4.78, 5) is 21.9. The van der Waals surface area contributed by atoms with E-state index in [9.17, 15) is 4.79 Å². The summed E-state index contributed by atoms with van der Waals surface area (Å²) in [5.41, 5.74) is 1.98. The predicted molar refractivity (Wildman–Crippen MR) is 112 cm³/mol. The lowest BCUT2D eigenvalue weighted by Crippen LogP contribution is -2.19. The van der Waals surface area contributed by atoms with Gasteiger partial charge in [-0.25, -0.2) is 14.8 Å². The third-order valence-electron chi connectivity index (χ3n) is 4.85. The zero-order valence-electron chi connectivity index (χ0n) is 16.9. The van der Waals surface area contributed by atoms with E-state index in [-0.39, 0.29) is 24.2 Å². The maximum atomic E-state index is 12.8. The molecule has 1 N–H and O–H groups in total. The van der Waals surface area contributed by atoms with E-state index in [0.717, 1.165) is 12.8 Å². The largest absolute Gasteiger partial charge is 0.497 e. The van der Waals surface area contributed by atoms with Gasteiger partial charge in [-0.15, -0.1) is 0 Å². The fourth-order valence-corrected chi connectivity index (χ4v) is 3.27. The lowest BCUT2D eigenvalue weighted by atomic mass is 10.2. The first-order chi connectivity index (χ1) is 14.7. The fourth-order valence-electron chi connectivity index (χ4n) is 3.27. The summed E-state index contributed by atoms with van der Waals surface area (Å²) >= 11 is 0. The Morgan fingerprint density at radius 3 is 2.63 bits per heavy atom. The van der Waals surface area contributed by atoms with Gasteiger partial charge in [0.25, 0.3) is 0 Å². The molecular weight excluding hydrogens is 386 g/mol. The third-order valence-corrected chi connectivity index (χ3v) is 4.85. The normalized spacial score (nSPS) is 15.7. The summed E-state index contributed by atoms with van der Waals surface area (Å²) in [5.74, 6) is 0.925. The molecule has 1 atom stereocenters. The van der Waals surface area contributed by atoms with Gasteiger partial charge in [0.1, 0.15) is 18.1 Å². The van der Waals surface area contributed by atoms with Gasteiger partial charge in [0.15, 0.2) is 11.5 Å². The Labute approximate surface area is 174 Å². The first-order valence-corrected chi connectivity index (χ1v) is 9.72. The highest BCUT2D eigenvalue weighted by atomic mass is 16.6. The Bertz CT molecular complexity index is 1050. The molecule has 0 radical (unpaired) electrons. The van der Waals surface area contributed by atoms with Crippen LogP contribution in [0.5, 0.6) is 11.5 Å². The molecule has 0 aliphatic carbocycles. The van der Waals surface area contributed by atoms with Crippen LogP contribution in [0.2, 0.25) is 0 Å². The number of aromatic nitrogens is 2. The minimum atomic E-state index is -0.557. The van der Waals surface area contributed by atoms with Gasteiger partial charge >= 0.3 is 5.97 Å². The number of hydrogen-bond donors (Lipinski definition) is 1. The van der Waals surface area contributed by atoms with Gasteiger partial charge in [0.2, 0.25) is 0 Å². The number of anilines is 2. The molecule has 0 unspecified atom stereocenters. The summed E-state index contributed by atoms with van der Waals surface area (Å²) in [7, 11) is 3.14. The van der Waals surface area contributed by atoms with Crippen molar-refractivity contribution in [1.29, 1.82) is 0 Å². The fraction of sp³-hybridized carbons (Fsp3) is 0.318. The Morgan fingerprint density at radius 1 is 1.13 bits per heavy atom. The standard InChI is InChI=1S/C22H23N3O5/c1-27-14-9-10-18(19(12-14)28-2)25-21-20(22(26)30-13-15-6-5-11-29-15)23-16-7-3-4-8-17(16)24-21/h3-4,7-10,12,15H,5-6,11,13H2,1-2H3,(H,24,25)/t15-/m1/s1. The number of carbonyl (C=O) groups excluding carboxylic acids is 1. The van der Waals surface area contributed by atoms with E-state index in [0.29, 0.717) is 34.8 Å². The van der Waals surface area contributed by atoms with Gasteiger partial charge in [0.05, 0.1) is 37.0 Å². The van der Waals surface area contributed by atoms with Crippen LogP contribution in [0.15, 0.2) is 42.5 Å². The van der Waals surface area contributed by atoms with Gasteiger partial charge in [-0.2, -0.15) is 0 Å². The maximum absolute atomic E-state index is 12.8. The number of para-hydroxylation sites is 2. The van der Waals surface area contributed by atoms with Crippen molar-refractivity contribution in [2.24, 2.45) is 0 Å². The second-order valence-corrected chi connectivity index (χ2v) is 6.83. The van der Waals surface area contributed by atoms with Crippen molar-refractivity contribution in [3.63, 3.8) is 0 Å². The summed E-state index contributed by atoms with van der Waals surface area (Å²) in [6.07, 6.45) is 1.79. The maximum Gasteiger partial charge on any atom is 0.360 e. The smallest absolute Gasteiger partial charge is 0.360 e. The van der Waals surface area contributed by atoms with Crippen LogP contribution in [0, 0.1) is 0 Å². The van der Waals surface area contributed by atoms with E-state index in [2.05, 4.69) is 15.3 Å². The number of benzene rings is 2. The van der Waals surface area contributed by atoms with Crippen molar-refractivity contribution in [3.05, 3.63) is 48.2 Å². The number of esters is 1. The third kappa shape index (κ3) is 4.28. The minimum Gasteiger partial charge on any atom is -0.497 e. The number of nitrogens with zero attached hydrogens (tertiary/aromatic N) is 2. The van der Waals surface area contributed by atoms with Gasteiger partial charge in [-0.05, 0) is 37.1 Å². The highest BCUT2D eigenvalue weighted by molar-refractivity contribution is 5.96. The number of nitrogens with one attached hydrogen (secondary N) is 1. The van der Waals surface area contributed by atoms with Crippen molar-refractivity contribution in [2.45, 2.75) is 18.9 Å². The van der Waals surface area contributed by atoms with E-state index in [4.69, 9.17) is 18.9 Å². The monoisotopic (exact) mass is 409 g/mol. The van der Waals surface area contributed by atoms with E-state index >= 15 is 0 Å². The van der Waals surface area contributed by atoms with Gasteiger partial charge in [0, 0.05) is 12.7 Å². The molecule has 1 aliphatic rings. The zero-order chi connectivity index (χ0) is 20.9. The highest BCUT2D eigenvalue weighted by Crippen LogP contribution is 2.32. The van der Waals surface area contributed by atoms with Crippen LogP contribution in [0.25, 0.3) is 11.0 Å². The second kappa shape index (κ2) is 8.96. The lowest BCUT2D eigenvalue weighted by Gasteiger charge is -2.15. The number of methoxy groups -OCH3 is 2. The van der Waals surface area contributed by atoms with Crippen LogP contribution < -0.4 is 14.8 Å². The van der Waals surface area contributed by atoms with E-state index < -0.39 is 5.97 Å². The van der Waals surface area contributed by atoms with Crippen molar-refractivity contribution in [1.82, 2.24) is 9.97 Å². The summed E-state index contributed by atoms with van der Waals surface area (Å²) in [6.45, 7) is 0.890. The molecule has 156 valence electrons. The molecule has 1 saturated heterocycles. The molecule has 0 bridgehead atoms. The van der Waals surface area contributed by atoms with Crippen molar-refractivity contribution < 1.29 is 23.7 Å². The molecule has 2 aromatic carbocycles. The van der Waals surface area contributed by atoms with Crippen LogP contribution in [0.1, 0.15) is 23.3 Å². The second-order valence-electron chi connectivity index (χ2n) is 6.83. The number of fused-ring (bicyclic) bond motifs is 1. The number of ether oxygens (including phenoxy) is 4. The van der Waals surface area contributed by atoms with Crippen molar-refractivity contribution in [3.8, 4) is 11.5 Å². The van der Waals surface area contributed by atoms with Crippen molar-refractivity contribution in [2.75, 3.05) is 32.8 Å². The number of rotatable bonds is 7. The number of hydrogen-bond acceptors (Lipinski definition) is 8. The Balaban J connectivity index is 1.67. The molecule has 1 fully saturated rings. The predicted octanol–water partition coefficient (Wildman–Crippen LogP) is 3.73. The Hall–Kier alpha value is -3.39. The van der Waals surface area contributed by atoms with Crippen molar-refractivity contribution >= 4 is 28.5 Å². The lowest BCUT2D eigenvalue weighted by molar-refractivity contribution is 0.0157. The average Bonchev–Trinajstić information content (AvgIpc) is 3.31. The van der Waals surface area contributed by atoms with Crippen LogP contribution in [0.4, 0.5) is 11.5 Å². The summed E-state index contributed by atoms with van der Waals surface area (Å²) < 4.78 is 21.7. The molecule has 3 aromatic rings. The molecule has 1 aliphatic heterocycles. The van der Waals surface area contributed by atoms with Crippen LogP contribution in [0.3, 0.4) is 0 Å². The molecule has 0 amide bonds. The van der Waals surface area contributed by atoms with Gasteiger partial charge in [-0.3, -0.25) is 0 Å². The molecule has 4 rings (SSSR count). The molecule has 0 saturated carbocycles. The minimum absolute atomic E-state index is 0.0690. The molecule has 8 heteroatoms. The molecular formula is C22H23N3O5. The van der Waals surface area contributed by atoms with Crippen LogP contribution in [-0.2, 0) is 9.47 Å². The zero-order valence-corrected chi connectivity index (χ0v) is 16.9. The Morgan fingerprint density at radius 2 is 1.93 bits per heavy atom. The van der Waals surface area contributed by atoms with E-state index in [1.165, 1.54) is 0 Å². The van der Waals surface area contributed by atoms with Gasteiger partial charge < -0.3 is 24.3 Å². The van der Waals surface area contributed by atoms with Crippen LogP contribution >= 0.6 is 0 Å². The summed E-state index contributed by atoms with van der Waals surface area (Å²) in [5, 5.41) is 3.16. The molecule has 2 heterocycles. The molecule has 1 aromatic heterocycles. The van der Waals surface area contributed by atoms with Crippen LogP contribution in [-0.4, -0.2) is 49.5 Å². The van der Waals surface area contributed by atoms with E-state index in [1.807, 2.05) is 18.2 Å². The Kier molecular flexibility index (Phi) is 5.94.